The molecule has 0 fully saturated rings. The molecule has 2 N–H and O–H groups in total. The molecule has 0 radical (unpaired) electrons. The number of hydrogen-bond donors (Lipinski definition) is 2. The Kier molecular flexibility index (Phi) is 6.68. The molecule has 0 atom stereocenters. The summed E-state index contributed by atoms with van der Waals surface area (Å²) >= 11 is 11.9. The van der Waals surface area contributed by atoms with Crippen molar-refractivity contribution in [2.75, 3.05) is 32.2 Å². The van der Waals surface area contributed by atoms with E-state index in [1.165, 1.54) is 0 Å². The van der Waals surface area contributed by atoms with E-state index in [0.717, 1.165) is 5.56 Å². The van der Waals surface area contributed by atoms with Gasteiger partial charge in [0.25, 0.3) is 5.56 Å². The van der Waals surface area contributed by atoms with Gasteiger partial charge in [0.15, 0.2) is 5.52 Å². The third kappa shape index (κ3) is 4.98. The lowest BCUT2D eigenvalue weighted by Crippen LogP contribution is -2.18. The van der Waals surface area contributed by atoms with Crippen molar-refractivity contribution in [2.45, 2.75) is 13.1 Å². The van der Waals surface area contributed by atoms with Crippen LogP contribution in [0.5, 0.6) is 0 Å². The highest BCUT2D eigenvalue weighted by molar-refractivity contribution is 6.42. The fourth-order valence-electron chi connectivity index (χ4n) is 2.49. The Morgan fingerprint density at radius 2 is 2.07 bits per heavy atom. The average molecular weight is 412 g/mol. The van der Waals surface area contributed by atoms with Crippen LogP contribution in [-0.2, 0) is 22.6 Å². The van der Waals surface area contributed by atoms with E-state index in [1.54, 1.807) is 30.1 Å². The molecular weight excluding hydrogens is 393 g/mol. The van der Waals surface area contributed by atoms with Crippen molar-refractivity contribution in [3.05, 3.63) is 50.4 Å². The molecule has 144 valence electrons. The maximum Gasteiger partial charge on any atom is 0.278 e. The Morgan fingerprint density at radius 1 is 1.22 bits per heavy atom. The van der Waals surface area contributed by atoms with Crippen LogP contribution >= 0.6 is 23.2 Å². The second kappa shape index (κ2) is 9.18. The number of methoxy groups -OCH3 is 1. The molecular formula is C17H19Cl2N5O3. The van der Waals surface area contributed by atoms with Crippen LogP contribution in [0.15, 0.2) is 29.2 Å². The first-order valence-corrected chi connectivity index (χ1v) is 9.04. The number of halogens is 2. The summed E-state index contributed by atoms with van der Waals surface area (Å²) < 4.78 is 11.9. The fraction of sp³-hybridized carbons (Fsp3) is 0.353. The number of aromatic amines is 1. The normalized spacial score (nSPS) is 11.2. The van der Waals surface area contributed by atoms with Crippen LogP contribution in [-0.4, -0.2) is 46.7 Å². The van der Waals surface area contributed by atoms with Crippen molar-refractivity contribution < 1.29 is 9.47 Å². The minimum atomic E-state index is -0.272. The number of rotatable bonds is 9. The summed E-state index contributed by atoms with van der Waals surface area (Å²) in [5.74, 6) is 0.356. The lowest BCUT2D eigenvalue weighted by molar-refractivity contribution is 0.0658. The molecule has 0 saturated carbocycles. The van der Waals surface area contributed by atoms with E-state index >= 15 is 0 Å². The minimum Gasteiger partial charge on any atom is -0.382 e. The Morgan fingerprint density at radius 3 is 2.85 bits per heavy atom. The summed E-state index contributed by atoms with van der Waals surface area (Å²) in [6.45, 7) is 2.33. The van der Waals surface area contributed by atoms with Gasteiger partial charge in [-0.05, 0) is 17.7 Å². The Balaban J connectivity index is 1.68. The second-order valence-electron chi connectivity index (χ2n) is 5.72. The maximum absolute atomic E-state index is 12.4. The van der Waals surface area contributed by atoms with E-state index in [-0.39, 0.29) is 5.56 Å². The molecule has 27 heavy (non-hydrogen) atoms. The van der Waals surface area contributed by atoms with Gasteiger partial charge in [0, 0.05) is 13.7 Å². The molecule has 0 aliphatic heterocycles. The summed E-state index contributed by atoms with van der Waals surface area (Å²) in [7, 11) is 1.61. The molecule has 10 heteroatoms. The number of H-pyrrole nitrogens is 1. The monoisotopic (exact) mass is 411 g/mol. The molecule has 2 aromatic heterocycles. The maximum atomic E-state index is 12.4. The van der Waals surface area contributed by atoms with Crippen molar-refractivity contribution in [3.63, 3.8) is 0 Å². The van der Waals surface area contributed by atoms with Crippen molar-refractivity contribution in [1.82, 2.24) is 19.7 Å². The molecule has 0 bridgehead atoms. The summed E-state index contributed by atoms with van der Waals surface area (Å²) in [5, 5.41) is 8.26. The predicted octanol–water partition coefficient (Wildman–Crippen LogP) is 2.70. The second-order valence-corrected chi connectivity index (χ2v) is 6.54. The van der Waals surface area contributed by atoms with Gasteiger partial charge in [-0.1, -0.05) is 29.3 Å². The zero-order valence-electron chi connectivity index (χ0n) is 14.7. The first kappa shape index (κ1) is 19.6. The molecule has 2 heterocycles. The third-order valence-electron chi connectivity index (χ3n) is 3.82. The van der Waals surface area contributed by atoms with Gasteiger partial charge in [0.1, 0.15) is 5.52 Å². The molecule has 0 saturated heterocycles. The molecule has 8 nitrogen and oxygen atoms in total. The van der Waals surface area contributed by atoms with Gasteiger partial charge < -0.3 is 14.8 Å². The van der Waals surface area contributed by atoms with Crippen LogP contribution in [0.2, 0.25) is 10.0 Å². The summed E-state index contributed by atoms with van der Waals surface area (Å²) in [6, 6.07) is 5.33. The van der Waals surface area contributed by atoms with Crippen LogP contribution in [0, 0.1) is 0 Å². The van der Waals surface area contributed by atoms with Gasteiger partial charge in [0.05, 0.1) is 42.6 Å². The predicted molar refractivity (Wildman–Crippen MR) is 105 cm³/mol. The number of nitrogens with zero attached hydrogens (tertiary/aromatic N) is 3. The first-order chi connectivity index (χ1) is 13.1. The highest BCUT2D eigenvalue weighted by atomic mass is 35.5. The standard InChI is InChI=1S/C17H19Cl2N5O3/c1-26-6-7-27-5-4-24-15-14(10-21-24)22-17(23-16(15)25)20-9-11-2-3-12(18)13(19)8-11/h2-3,8,10H,4-7,9H2,1H3,(H2,20,22,23,25). The average Bonchev–Trinajstić information content (AvgIpc) is 3.06. The van der Waals surface area contributed by atoms with Gasteiger partial charge in [-0.15, -0.1) is 0 Å². The van der Waals surface area contributed by atoms with Crippen LogP contribution in [0.1, 0.15) is 5.56 Å². The van der Waals surface area contributed by atoms with Crippen LogP contribution < -0.4 is 10.9 Å². The Hall–Kier alpha value is -2.13. The first-order valence-electron chi connectivity index (χ1n) is 8.29. The summed E-state index contributed by atoms with van der Waals surface area (Å²) in [5.41, 5.74) is 1.56. The lowest BCUT2D eigenvalue weighted by atomic mass is 10.2. The summed E-state index contributed by atoms with van der Waals surface area (Å²) in [6.07, 6.45) is 1.56. The van der Waals surface area contributed by atoms with E-state index in [9.17, 15) is 4.79 Å². The van der Waals surface area contributed by atoms with Crippen molar-refractivity contribution in [1.29, 1.82) is 0 Å². The molecule has 0 spiro atoms. The van der Waals surface area contributed by atoms with Crippen LogP contribution in [0.25, 0.3) is 11.0 Å². The molecule has 0 aliphatic rings. The Labute approximate surface area is 165 Å². The molecule has 0 amide bonds. The van der Waals surface area contributed by atoms with Gasteiger partial charge in [0.2, 0.25) is 5.95 Å². The SMILES string of the molecule is COCCOCCn1ncc2nc(NCc3ccc(Cl)c(Cl)c3)[nH]c(=O)c21. The number of aromatic nitrogens is 4. The number of benzene rings is 1. The van der Waals surface area contributed by atoms with E-state index in [2.05, 4.69) is 20.4 Å². The highest BCUT2D eigenvalue weighted by Gasteiger charge is 2.10. The van der Waals surface area contributed by atoms with Crippen molar-refractivity contribution in [3.8, 4) is 0 Å². The smallest absolute Gasteiger partial charge is 0.278 e. The number of ether oxygens (including phenoxy) is 2. The van der Waals surface area contributed by atoms with Crippen molar-refractivity contribution in [2.24, 2.45) is 0 Å². The zero-order valence-corrected chi connectivity index (χ0v) is 16.2. The van der Waals surface area contributed by atoms with Gasteiger partial charge >= 0.3 is 0 Å². The van der Waals surface area contributed by atoms with Gasteiger partial charge in [-0.25, -0.2) is 4.98 Å². The van der Waals surface area contributed by atoms with Crippen LogP contribution in [0.3, 0.4) is 0 Å². The van der Waals surface area contributed by atoms with E-state index in [1.807, 2.05) is 6.07 Å². The topological polar surface area (TPSA) is 94.1 Å². The summed E-state index contributed by atoms with van der Waals surface area (Å²) in [4.78, 5) is 19.6. The molecule has 1 aromatic carbocycles. The molecule has 0 unspecified atom stereocenters. The quantitative estimate of drug-likeness (QED) is 0.525. The number of hydrogen-bond acceptors (Lipinski definition) is 6. The molecule has 3 aromatic rings. The zero-order chi connectivity index (χ0) is 19.2. The van der Waals surface area contributed by atoms with E-state index in [0.29, 0.717) is 59.9 Å². The Bertz CT molecular complexity index is 973. The third-order valence-corrected chi connectivity index (χ3v) is 4.56. The number of nitrogens with one attached hydrogen (secondary N) is 2. The highest BCUT2D eigenvalue weighted by Crippen LogP contribution is 2.22. The number of anilines is 1. The molecule has 3 rings (SSSR count). The fourth-order valence-corrected chi connectivity index (χ4v) is 2.81. The van der Waals surface area contributed by atoms with Gasteiger partial charge in [-0.2, -0.15) is 5.10 Å². The number of fused-ring (bicyclic) bond motifs is 1. The molecule has 0 aliphatic carbocycles. The van der Waals surface area contributed by atoms with Crippen molar-refractivity contribution >= 4 is 40.2 Å². The van der Waals surface area contributed by atoms with Crippen LogP contribution in [0.4, 0.5) is 5.95 Å². The largest absolute Gasteiger partial charge is 0.382 e. The minimum absolute atomic E-state index is 0.272. The van der Waals surface area contributed by atoms with Gasteiger partial charge in [-0.3, -0.25) is 14.5 Å². The van der Waals surface area contributed by atoms with E-state index in [4.69, 9.17) is 32.7 Å². The lowest BCUT2D eigenvalue weighted by Gasteiger charge is -2.07. The van der Waals surface area contributed by atoms with E-state index < -0.39 is 0 Å².